The molecule has 0 atom stereocenters. The molecule has 174 valence electrons. The number of hydrogen-bond acceptors (Lipinski definition) is 5. The lowest BCUT2D eigenvalue weighted by atomic mass is 9.99. The zero-order chi connectivity index (χ0) is 24.7. The minimum absolute atomic E-state index is 0.898. The first kappa shape index (κ1) is 24.2. The Morgan fingerprint density at radius 3 is 1.29 bits per heavy atom. The summed E-state index contributed by atoms with van der Waals surface area (Å²) in [5.74, 6) is 0.898. The number of rotatable bonds is 4. The maximum absolute atomic E-state index is 8.49. The van der Waals surface area contributed by atoms with Crippen molar-refractivity contribution in [3.05, 3.63) is 128 Å². The molecule has 0 aliphatic rings. The molecule has 0 bridgehead atoms. The van der Waals surface area contributed by atoms with Crippen LogP contribution in [0.25, 0.3) is 39.5 Å². The van der Waals surface area contributed by atoms with Crippen LogP contribution in [0.5, 0.6) is 0 Å². The summed E-state index contributed by atoms with van der Waals surface area (Å²) >= 11 is 0. The fourth-order valence-electron chi connectivity index (χ4n) is 3.77. The van der Waals surface area contributed by atoms with Crippen LogP contribution in [-0.4, -0.2) is 4.98 Å². The fraction of sp³-hybridized carbons (Fsp3) is 0. The highest BCUT2D eigenvalue weighted by Crippen LogP contribution is 2.30. The van der Waals surface area contributed by atoms with Crippen LogP contribution in [0.1, 0.15) is 0 Å². The van der Waals surface area contributed by atoms with E-state index in [0.717, 1.165) is 28.3 Å². The van der Waals surface area contributed by atoms with Gasteiger partial charge in [-0.25, -0.2) is 18.6 Å². The van der Waals surface area contributed by atoms with E-state index in [1.165, 1.54) is 11.1 Å². The number of aromatic nitrogens is 2. The van der Waals surface area contributed by atoms with Gasteiger partial charge in [0, 0.05) is 17.2 Å². The van der Waals surface area contributed by atoms with E-state index < -0.39 is 10.2 Å². The zero-order valence-electron chi connectivity index (χ0n) is 18.5. The third-order valence-corrected chi connectivity index (χ3v) is 5.19. The summed E-state index contributed by atoms with van der Waals surface area (Å²) in [5, 5.41) is 0. The Hall–Kier alpha value is -3.91. The van der Waals surface area contributed by atoms with Crippen LogP contribution in [0.4, 0.5) is 0 Å². The molecule has 3 aromatic carbocycles. The number of hydrogen-bond donors (Lipinski definition) is 0. The Morgan fingerprint density at radius 1 is 0.486 bits per heavy atom. The van der Waals surface area contributed by atoms with Gasteiger partial charge in [-0.05, 0) is 34.3 Å². The molecule has 0 radical (unpaired) electrons. The lowest BCUT2D eigenvalue weighted by Gasteiger charge is -2.17. The molecule has 0 saturated heterocycles. The van der Waals surface area contributed by atoms with Gasteiger partial charge in [-0.1, -0.05) is 97.1 Å². The normalized spacial score (nSPS) is 10.9. The summed E-state index contributed by atoms with van der Waals surface area (Å²) < 4.78 is 36.2. The van der Waals surface area contributed by atoms with E-state index in [2.05, 4.69) is 107 Å². The van der Waals surface area contributed by atoms with E-state index >= 15 is 0 Å². The maximum Gasteiger partial charge on any atom is 0.328 e. The monoisotopic (exact) mass is 484 g/mol. The van der Waals surface area contributed by atoms with Gasteiger partial charge in [0.05, 0.1) is 0 Å². The standard InChI is InChI=1S/C28H21N2.ClHO4/c1-4-12-22(13-5-1)25-20-26(23-14-6-2-7-15-23)30(28-18-10-11-19-29-28)27(21-25)24-16-8-3-9-17-24;2-1(3,4)5/h1-21H;(H,2,3,4,5)/q+1;/p-1. The van der Waals surface area contributed by atoms with E-state index in [-0.39, 0.29) is 0 Å². The molecule has 0 aliphatic heterocycles. The van der Waals surface area contributed by atoms with Gasteiger partial charge < -0.3 is 0 Å². The van der Waals surface area contributed by atoms with Crippen LogP contribution >= 0.6 is 0 Å². The van der Waals surface area contributed by atoms with Crippen molar-refractivity contribution < 1.29 is 33.4 Å². The van der Waals surface area contributed by atoms with Gasteiger partial charge >= 0.3 is 5.82 Å². The fourth-order valence-corrected chi connectivity index (χ4v) is 3.77. The Labute approximate surface area is 205 Å². The highest BCUT2D eigenvalue weighted by Gasteiger charge is 2.22. The summed E-state index contributed by atoms with van der Waals surface area (Å²) in [6, 6.07) is 42.1. The van der Waals surface area contributed by atoms with Crippen LogP contribution in [-0.2, 0) is 0 Å². The van der Waals surface area contributed by atoms with E-state index in [9.17, 15) is 0 Å². The van der Waals surface area contributed by atoms with E-state index in [0.29, 0.717) is 0 Å². The molecule has 2 heterocycles. The van der Waals surface area contributed by atoms with Gasteiger partial charge in [0.25, 0.3) is 0 Å². The molecule has 0 amide bonds. The summed E-state index contributed by atoms with van der Waals surface area (Å²) in [6.45, 7) is 0. The topological polar surface area (TPSA) is 109 Å². The average Bonchev–Trinajstić information content (AvgIpc) is 2.89. The first-order chi connectivity index (χ1) is 16.9. The molecule has 7 heteroatoms. The van der Waals surface area contributed by atoms with Crippen LogP contribution in [0.2, 0.25) is 0 Å². The quantitative estimate of drug-likeness (QED) is 0.360. The van der Waals surface area contributed by atoms with E-state index in [1.807, 2.05) is 30.5 Å². The maximum atomic E-state index is 8.49. The molecule has 0 N–H and O–H groups in total. The molecule has 5 aromatic rings. The largest absolute Gasteiger partial charge is 0.328 e. The molecule has 2 aromatic heterocycles. The summed E-state index contributed by atoms with van der Waals surface area (Å²) in [5.41, 5.74) is 6.89. The van der Waals surface area contributed by atoms with Gasteiger partial charge in [0.2, 0.25) is 0 Å². The van der Waals surface area contributed by atoms with E-state index in [1.54, 1.807) is 0 Å². The van der Waals surface area contributed by atoms with E-state index in [4.69, 9.17) is 18.6 Å². The third-order valence-electron chi connectivity index (χ3n) is 5.19. The second kappa shape index (κ2) is 11.0. The Bertz CT molecular complexity index is 1300. The van der Waals surface area contributed by atoms with Crippen molar-refractivity contribution >= 4 is 0 Å². The van der Waals surface area contributed by atoms with Crippen LogP contribution in [0.3, 0.4) is 0 Å². The van der Waals surface area contributed by atoms with Gasteiger partial charge in [-0.3, -0.25) is 0 Å². The van der Waals surface area contributed by atoms with Crippen molar-refractivity contribution in [1.29, 1.82) is 0 Å². The first-order valence-corrected chi connectivity index (χ1v) is 11.9. The molecular formula is C28H21ClN2O4. The molecule has 35 heavy (non-hydrogen) atoms. The van der Waals surface area contributed by atoms with Crippen molar-refractivity contribution in [2.75, 3.05) is 0 Å². The first-order valence-electron chi connectivity index (χ1n) is 10.7. The van der Waals surface area contributed by atoms with Crippen LogP contribution < -0.4 is 23.2 Å². The Balaban J connectivity index is 0.000000527. The molecule has 5 rings (SSSR count). The van der Waals surface area contributed by atoms with Crippen LogP contribution in [0, 0.1) is 10.2 Å². The number of pyridine rings is 2. The molecule has 0 saturated carbocycles. The highest BCUT2D eigenvalue weighted by molar-refractivity contribution is 5.74. The van der Waals surface area contributed by atoms with Gasteiger partial charge in [-0.2, -0.15) is 4.57 Å². The van der Waals surface area contributed by atoms with Crippen molar-refractivity contribution in [2.24, 2.45) is 0 Å². The SMILES string of the molecule is [O-][Cl+3]([O-])([O-])[O-].c1ccc(-c2cc(-c3ccccc3)[n+](-c3ccccn3)c(-c3ccccc3)c2)cc1. The second-order valence-corrected chi connectivity index (χ2v) is 8.27. The van der Waals surface area contributed by atoms with Crippen molar-refractivity contribution in [3.8, 4) is 39.5 Å². The molecule has 0 aliphatic carbocycles. The third kappa shape index (κ3) is 6.58. The van der Waals surface area contributed by atoms with Crippen molar-refractivity contribution in [1.82, 2.24) is 4.98 Å². The van der Waals surface area contributed by atoms with Gasteiger partial charge in [-0.15, -0.1) is 10.2 Å². The van der Waals surface area contributed by atoms with Crippen molar-refractivity contribution in [3.63, 3.8) is 0 Å². The average molecular weight is 485 g/mol. The molecular weight excluding hydrogens is 464 g/mol. The second-order valence-electron chi connectivity index (χ2n) is 7.51. The number of halogens is 1. The highest BCUT2D eigenvalue weighted by atomic mass is 35.7. The molecule has 6 nitrogen and oxygen atoms in total. The van der Waals surface area contributed by atoms with Gasteiger partial charge in [0.15, 0.2) is 0 Å². The molecule has 0 fully saturated rings. The van der Waals surface area contributed by atoms with Crippen molar-refractivity contribution in [2.45, 2.75) is 0 Å². The lowest BCUT2D eigenvalue weighted by molar-refractivity contribution is -2.00. The minimum atomic E-state index is -4.94. The van der Waals surface area contributed by atoms with Gasteiger partial charge in [0.1, 0.15) is 17.6 Å². The zero-order valence-corrected chi connectivity index (χ0v) is 19.3. The molecule has 0 spiro atoms. The predicted octanol–water partition coefficient (Wildman–Crippen LogP) is 1.60. The summed E-state index contributed by atoms with van der Waals surface area (Å²) in [7, 11) is -4.94. The Kier molecular flexibility index (Phi) is 7.62. The smallest absolute Gasteiger partial charge is 0.222 e. The molecule has 0 unspecified atom stereocenters. The summed E-state index contributed by atoms with van der Waals surface area (Å²) in [4.78, 5) is 4.69. The minimum Gasteiger partial charge on any atom is -0.222 e. The lowest BCUT2D eigenvalue weighted by Crippen LogP contribution is -2.68. The number of benzene rings is 3. The number of nitrogens with zero attached hydrogens (tertiary/aromatic N) is 2. The predicted molar refractivity (Wildman–Crippen MR) is 122 cm³/mol. The van der Waals surface area contributed by atoms with Crippen LogP contribution in [0.15, 0.2) is 128 Å². The summed E-state index contributed by atoms with van der Waals surface area (Å²) in [6.07, 6.45) is 1.84. The Morgan fingerprint density at radius 2 is 0.886 bits per heavy atom.